The van der Waals surface area contributed by atoms with Crippen molar-refractivity contribution in [1.82, 2.24) is 24.6 Å². The number of nitrogens with zero attached hydrogens (tertiary/aromatic N) is 5. The Bertz CT molecular complexity index is 973. The van der Waals surface area contributed by atoms with Gasteiger partial charge in [-0.3, -0.25) is 15.1 Å². The number of hydrogen-bond acceptors (Lipinski definition) is 6. The Kier molecular flexibility index (Phi) is 4.93. The Hall–Kier alpha value is -3.07. The number of anilines is 1. The first-order valence-corrected chi connectivity index (χ1v) is 9.54. The largest absolute Gasteiger partial charge is 0.323 e. The predicted octanol–water partition coefficient (Wildman–Crippen LogP) is 2.46. The second kappa shape index (κ2) is 7.67. The second-order valence-corrected chi connectivity index (χ2v) is 7.13. The van der Waals surface area contributed by atoms with E-state index in [2.05, 4.69) is 20.4 Å². The topological polar surface area (TPSA) is 93.0 Å². The molecule has 0 spiro atoms. The van der Waals surface area contributed by atoms with Crippen LogP contribution in [0.25, 0.3) is 11.3 Å². The van der Waals surface area contributed by atoms with E-state index in [0.29, 0.717) is 23.9 Å². The summed E-state index contributed by atoms with van der Waals surface area (Å²) in [7, 11) is 0. The highest BCUT2D eigenvalue weighted by Gasteiger charge is 2.30. The minimum Gasteiger partial charge on any atom is -0.320 e. The number of rotatable bonds is 4. The van der Waals surface area contributed by atoms with Gasteiger partial charge in [-0.1, -0.05) is 0 Å². The molecule has 0 aromatic carbocycles. The van der Waals surface area contributed by atoms with Crippen LogP contribution in [0.15, 0.2) is 53.0 Å². The van der Waals surface area contributed by atoms with E-state index in [9.17, 15) is 9.59 Å². The molecule has 1 saturated heterocycles. The maximum atomic E-state index is 12.6. The van der Waals surface area contributed by atoms with Gasteiger partial charge in [-0.05, 0) is 31.0 Å². The summed E-state index contributed by atoms with van der Waals surface area (Å²) < 4.78 is 1.43. The average Bonchev–Trinajstić information content (AvgIpc) is 3.36. The first kappa shape index (κ1) is 17.3. The molecule has 1 atom stereocenters. The van der Waals surface area contributed by atoms with Crippen molar-refractivity contribution in [1.29, 1.82) is 0 Å². The lowest BCUT2D eigenvalue weighted by Gasteiger charge is -2.24. The molecule has 0 radical (unpaired) electrons. The summed E-state index contributed by atoms with van der Waals surface area (Å²) in [4.78, 5) is 34.8. The fraction of sp³-hybridized carbons (Fsp3) is 0.278. The van der Waals surface area contributed by atoms with Gasteiger partial charge in [0.25, 0.3) is 5.56 Å². The molecule has 1 N–H and O–H groups in total. The van der Waals surface area contributed by atoms with E-state index >= 15 is 0 Å². The first-order chi connectivity index (χ1) is 13.2. The number of hydrogen-bond donors (Lipinski definition) is 1. The summed E-state index contributed by atoms with van der Waals surface area (Å²) in [5.74, 6) is 0. The Labute approximate surface area is 159 Å². The normalized spacial score (nSPS) is 16.4. The fourth-order valence-electron chi connectivity index (χ4n) is 3.19. The van der Waals surface area contributed by atoms with Gasteiger partial charge in [-0.2, -0.15) is 5.10 Å². The zero-order valence-electron chi connectivity index (χ0n) is 14.5. The molecule has 4 heterocycles. The molecule has 9 heteroatoms. The molecule has 0 saturated carbocycles. The summed E-state index contributed by atoms with van der Waals surface area (Å²) >= 11 is 1.37. The first-order valence-electron chi connectivity index (χ1n) is 8.66. The van der Waals surface area contributed by atoms with Crippen LogP contribution in [0, 0.1) is 0 Å². The van der Waals surface area contributed by atoms with Crippen LogP contribution >= 0.6 is 11.3 Å². The minimum atomic E-state index is -0.191. The summed E-state index contributed by atoms with van der Waals surface area (Å²) in [6.07, 6.45) is 6.77. The number of nitrogens with one attached hydrogen (secondary N) is 1. The Morgan fingerprint density at radius 3 is 3.00 bits per heavy atom. The molecule has 0 aliphatic carbocycles. The van der Waals surface area contributed by atoms with E-state index in [1.807, 2.05) is 17.5 Å². The van der Waals surface area contributed by atoms with Crippen LogP contribution in [0.1, 0.15) is 12.8 Å². The van der Waals surface area contributed by atoms with E-state index in [1.54, 1.807) is 29.6 Å². The van der Waals surface area contributed by atoms with Gasteiger partial charge in [0.2, 0.25) is 0 Å². The molecular formula is C18H18N6O2S. The number of thiazole rings is 1. The Morgan fingerprint density at radius 2 is 2.22 bits per heavy atom. The number of carbonyl (C=O) groups is 1. The quantitative estimate of drug-likeness (QED) is 0.748. The second-order valence-electron chi connectivity index (χ2n) is 6.24. The zero-order chi connectivity index (χ0) is 18.6. The number of aromatic nitrogens is 4. The van der Waals surface area contributed by atoms with E-state index in [1.165, 1.54) is 22.1 Å². The van der Waals surface area contributed by atoms with Gasteiger partial charge in [-0.15, -0.1) is 11.3 Å². The molecule has 138 valence electrons. The molecule has 1 aliphatic heterocycles. The molecule has 3 aromatic heterocycles. The molecule has 4 rings (SSSR count). The summed E-state index contributed by atoms with van der Waals surface area (Å²) in [6, 6.07) is 6.65. The van der Waals surface area contributed by atoms with Gasteiger partial charge >= 0.3 is 6.03 Å². The van der Waals surface area contributed by atoms with Gasteiger partial charge in [0.15, 0.2) is 5.13 Å². The molecular weight excluding hydrogens is 364 g/mol. The number of urea groups is 1. The highest BCUT2D eigenvalue weighted by Crippen LogP contribution is 2.21. The smallest absolute Gasteiger partial charge is 0.320 e. The molecule has 0 bridgehead atoms. The molecule has 3 aromatic rings. The third kappa shape index (κ3) is 3.87. The van der Waals surface area contributed by atoms with Crippen molar-refractivity contribution in [3.05, 3.63) is 58.6 Å². The molecule has 27 heavy (non-hydrogen) atoms. The maximum Gasteiger partial charge on any atom is 0.323 e. The zero-order valence-corrected chi connectivity index (χ0v) is 15.3. The Morgan fingerprint density at radius 1 is 1.30 bits per heavy atom. The van der Waals surface area contributed by atoms with Gasteiger partial charge in [-0.25, -0.2) is 14.5 Å². The van der Waals surface area contributed by atoms with E-state index in [0.717, 1.165) is 18.4 Å². The molecule has 2 amide bonds. The third-order valence-corrected chi connectivity index (χ3v) is 5.18. The lowest BCUT2D eigenvalue weighted by molar-refractivity contribution is 0.199. The molecule has 1 unspecified atom stereocenters. The summed E-state index contributed by atoms with van der Waals surface area (Å²) in [5, 5.41) is 9.66. The van der Waals surface area contributed by atoms with Crippen LogP contribution in [0.5, 0.6) is 0 Å². The number of likely N-dealkylation sites (tertiary alicyclic amines) is 1. The molecule has 8 nitrogen and oxygen atoms in total. The van der Waals surface area contributed by atoms with Gasteiger partial charge in [0.1, 0.15) is 0 Å². The van der Waals surface area contributed by atoms with Crippen LogP contribution in [0.4, 0.5) is 9.93 Å². The van der Waals surface area contributed by atoms with Gasteiger partial charge in [0, 0.05) is 42.1 Å². The summed E-state index contributed by atoms with van der Waals surface area (Å²) in [5.41, 5.74) is 1.34. The van der Waals surface area contributed by atoms with Crippen molar-refractivity contribution in [3.8, 4) is 11.3 Å². The molecule has 1 aliphatic rings. The minimum absolute atomic E-state index is 0.0840. The highest BCUT2D eigenvalue weighted by atomic mass is 32.1. The monoisotopic (exact) mass is 382 g/mol. The fourth-order valence-corrected chi connectivity index (χ4v) is 3.71. The predicted molar refractivity (Wildman–Crippen MR) is 103 cm³/mol. The van der Waals surface area contributed by atoms with E-state index in [-0.39, 0.29) is 17.6 Å². The van der Waals surface area contributed by atoms with Crippen molar-refractivity contribution in [2.45, 2.75) is 25.4 Å². The van der Waals surface area contributed by atoms with Crippen LogP contribution in [-0.4, -0.2) is 43.3 Å². The number of pyridine rings is 1. The third-order valence-electron chi connectivity index (χ3n) is 4.49. The molecule has 1 fully saturated rings. The highest BCUT2D eigenvalue weighted by molar-refractivity contribution is 7.13. The summed E-state index contributed by atoms with van der Waals surface area (Å²) in [6.45, 7) is 1.01. The lowest BCUT2D eigenvalue weighted by atomic mass is 10.2. The van der Waals surface area contributed by atoms with Crippen molar-refractivity contribution in [3.63, 3.8) is 0 Å². The van der Waals surface area contributed by atoms with Crippen LogP contribution < -0.4 is 10.9 Å². The van der Waals surface area contributed by atoms with Crippen LogP contribution in [-0.2, 0) is 6.54 Å². The maximum absolute atomic E-state index is 12.6. The van der Waals surface area contributed by atoms with Gasteiger partial charge < -0.3 is 4.90 Å². The van der Waals surface area contributed by atoms with Crippen LogP contribution in [0.2, 0.25) is 0 Å². The lowest BCUT2D eigenvalue weighted by Crippen LogP contribution is -2.42. The SMILES string of the molecule is O=C(Nc1nccs1)N1CCCC1Cn1nc(-c2cccnc2)ccc1=O. The standard InChI is InChI=1S/C18H18N6O2S/c25-16-6-5-15(13-3-1-7-19-11-13)22-24(16)12-14-4-2-9-23(14)18(26)21-17-20-8-10-27-17/h1,3,5-8,10-11,14H,2,4,9,12H2,(H,20,21,26). The number of amides is 2. The van der Waals surface area contributed by atoms with Crippen molar-refractivity contribution >= 4 is 22.5 Å². The van der Waals surface area contributed by atoms with E-state index < -0.39 is 0 Å². The van der Waals surface area contributed by atoms with Crippen molar-refractivity contribution in [2.75, 3.05) is 11.9 Å². The van der Waals surface area contributed by atoms with Crippen molar-refractivity contribution < 1.29 is 4.79 Å². The number of carbonyl (C=O) groups excluding carboxylic acids is 1. The van der Waals surface area contributed by atoms with Gasteiger partial charge in [0.05, 0.1) is 18.3 Å². The average molecular weight is 382 g/mol. The van der Waals surface area contributed by atoms with E-state index in [4.69, 9.17) is 0 Å². The van der Waals surface area contributed by atoms with Crippen LogP contribution in [0.3, 0.4) is 0 Å². The Balaban J connectivity index is 1.52. The van der Waals surface area contributed by atoms with Crippen molar-refractivity contribution in [2.24, 2.45) is 0 Å².